The lowest BCUT2D eigenvalue weighted by molar-refractivity contribution is -0.872. The molecule has 1 aromatic carbocycles. The first kappa shape index (κ1) is 12.1. The number of carboxylic acid groups (broad SMARTS) is 1. The molecule has 7 nitrogen and oxygen atoms in total. The van der Waals surface area contributed by atoms with Gasteiger partial charge in [0, 0.05) is 5.56 Å². The number of carboxylic acids is 1. The van der Waals surface area contributed by atoms with Crippen LogP contribution in [0.2, 0.25) is 0 Å². The highest BCUT2D eigenvalue weighted by Gasteiger charge is 2.42. The smallest absolute Gasteiger partial charge is 0.449 e. The highest BCUT2D eigenvalue weighted by Crippen LogP contribution is 2.13. The van der Waals surface area contributed by atoms with Crippen LogP contribution in [0.15, 0.2) is 24.3 Å². The van der Waals surface area contributed by atoms with E-state index in [1.807, 2.05) is 0 Å². The molecular formula is C11H12N3O4+. The fourth-order valence-corrected chi connectivity index (χ4v) is 1.75. The summed E-state index contributed by atoms with van der Waals surface area (Å²) in [5, 5.41) is 10.9. The molecule has 7 heteroatoms. The van der Waals surface area contributed by atoms with E-state index in [0.29, 0.717) is 0 Å². The van der Waals surface area contributed by atoms with Crippen LogP contribution in [-0.4, -0.2) is 34.8 Å². The van der Waals surface area contributed by atoms with E-state index >= 15 is 0 Å². The predicted molar refractivity (Wildman–Crippen MR) is 60.4 cm³/mol. The van der Waals surface area contributed by atoms with Gasteiger partial charge in [-0.15, -0.1) is 4.59 Å². The second kappa shape index (κ2) is 4.11. The molecule has 1 saturated heterocycles. The summed E-state index contributed by atoms with van der Waals surface area (Å²) >= 11 is 0. The van der Waals surface area contributed by atoms with Crippen molar-refractivity contribution in [2.45, 2.75) is 6.54 Å². The molecule has 1 aliphatic rings. The highest BCUT2D eigenvalue weighted by molar-refractivity contribution is 5.94. The molecule has 94 valence electrons. The van der Waals surface area contributed by atoms with Crippen molar-refractivity contribution in [2.75, 3.05) is 7.05 Å². The Kier molecular flexibility index (Phi) is 2.76. The molecule has 4 amide bonds. The van der Waals surface area contributed by atoms with Crippen LogP contribution in [0.1, 0.15) is 15.9 Å². The number of amides is 4. The van der Waals surface area contributed by atoms with Crippen LogP contribution in [-0.2, 0) is 6.54 Å². The number of nitrogens with one attached hydrogen (secondary N) is 2. The summed E-state index contributed by atoms with van der Waals surface area (Å²) in [6.45, 7) is 0.247. The zero-order valence-corrected chi connectivity index (χ0v) is 9.64. The lowest BCUT2D eigenvalue weighted by Crippen LogP contribution is -2.52. The SMILES string of the molecule is C[N+]1(Cc2ccc(C(=O)O)cc2)NC(=O)NC1=O. The van der Waals surface area contributed by atoms with Gasteiger partial charge in [-0.1, -0.05) is 12.1 Å². The van der Waals surface area contributed by atoms with E-state index in [1.54, 1.807) is 19.2 Å². The quantitative estimate of drug-likeness (QED) is 0.687. The van der Waals surface area contributed by atoms with Gasteiger partial charge in [-0.25, -0.2) is 19.7 Å². The number of hydrogen-bond acceptors (Lipinski definition) is 3. The molecule has 2 rings (SSSR count). The Morgan fingerprint density at radius 3 is 2.33 bits per heavy atom. The van der Waals surface area contributed by atoms with Gasteiger partial charge in [-0.2, -0.15) is 5.43 Å². The topological polar surface area (TPSA) is 95.5 Å². The maximum atomic E-state index is 11.6. The Morgan fingerprint density at radius 2 is 1.89 bits per heavy atom. The summed E-state index contributed by atoms with van der Waals surface area (Å²) < 4.78 is -0.286. The predicted octanol–water partition coefficient (Wildman–Crippen LogP) is 0.679. The third-order valence-corrected chi connectivity index (χ3v) is 2.72. The van der Waals surface area contributed by atoms with E-state index in [2.05, 4.69) is 10.7 Å². The van der Waals surface area contributed by atoms with Crippen LogP contribution < -0.4 is 10.7 Å². The molecule has 0 aliphatic carbocycles. The number of carbonyl (C=O) groups is 3. The second-order valence-corrected chi connectivity index (χ2v) is 4.22. The van der Waals surface area contributed by atoms with Gasteiger partial charge in [-0.3, -0.25) is 0 Å². The molecule has 1 fully saturated rings. The third-order valence-electron chi connectivity index (χ3n) is 2.72. The van der Waals surface area contributed by atoms with E-state index in [1.165, 1.54) is 12.1 Å². The van der Waals surface area contributed by atoms with Crippen molar-refractivity contribution in [3.05, 3.63) is 35.4 Å². The number of urea groups is 2. The van der Waals surface area contributed by atoms with Gasteiger partial charge in [0.2, 0.25) is 0 Å². The number of carbonyl (C=O) groups excluding carboxylic acids is 2. The van der Waals surface area contributed by atoms with Gasteiger partial charge in [0.25, 0.3) is 0 Å². The van der Waals surface area contributed by atoms with Crippen molar-refractivity contribution in [1.29, 1.82) is 0 Å². The zero-order valence-electron chi connectivity index (χ0n) is 9.64. The van der Waals surface area contributed by atoms with Crippen LogP contribution in [0.4, 0.5) is 9.59 Å². The summed E-state index contributed by atoms with van der Waals surface area (Å²) in [6.07, 6.45) is 0. The number of benzene rings is 1. The molecule has 1 unspecified atom stereocenters. The lowest BCUT2D eigenvalue weighted by atomic mass is 10.1. The molecule has 1 aromatic rings. The van der Waals surface area contributed by atoms with Gasteiger partial charge < -0.3 is 5.11 Å². The van der Waals surface area contributed by atoms with E-state index in [4.69, 9.17) is 5.11 Å². The van der Waals surface area contributed by atoms with Crippen LogP contribution in [0.3, 0.4) is 0 Å². The monoisotopic (exact) mass is 250 g/mol. The Labute approximate surface area is 103 Å². The van der Waals surface area contributed by atoms with Gasteiger partial charge in [0.15, 0.2) is 0 Å². The van der Waals surface area contributed by atoms with Crippen LogP contribution >= 0.6 is 0 Å². The number of rotatable bonds is 3. The number of hydrogen-bond donors (Lipinski definition) is 3. The molecule has 18 heavy (non-hydrogen) atoms. The average Bonchev–Trinajstić information content (AvgIpc) is 2.53. The lowest BCUT2D eigenvalue weighted by Gasteiger charge is -2.22. The van der Waals surface area contributed by atoms with Crippen molar-refractivity contribution in [2.24, 2.45) is 0 Å². The Bertz CT molecular complexity index is 526. The maximum absolute atomic E-state index is 11.6. The fourth-order valence-electron chi connectivity index (χ4n) is 1.75. The normalized spacial score (nSPS) is 22.5. The summed E-state index contributed by atoms with van der Waals surface area (Å²) in [7, 11) is 1.56. The van der Waals surface area contributed by atoms with Crippen LogP contribution in [0.5, 0.6) is 0 Å². The zero-order chi connectivity index (χ0) is 13.3. The van der Waals surface area contributed by atoms with Crippen molar-refractivity contribution >= 4 is 18.0 Å². The molecule has 3 N–H and O–H groups in total. The molecule has 0 spiro atoms. The fraction of sp³-hybridized carbons (Fsp3) is 0.182. The van der Waals surface area contributed by atoms with Gasteiger partial charge in [0.05, 0.1) is 5.56 Å². The maximum Gasteiger partial charge on any atom is 0.449 e. The van der Waals surface area contributed by atoms with Crippen molar-refractivity contribution < 1.29 is 24.1 Å². The molecule has 0 saturated carbocycles. The standard InChI is InChI=1S/C11H11N3O4/c1-14(11(18)12-10(17)13-14)6-7-2-4-8(5-3-7)9(15)16/h2-5H,6H2,1H3,(H2-,12,13,15,16,17,18)/p+1. The third kappa shape index (κ3) is 2.16. The van der Waals surface area contributed by atoms with Crippen molar-refractivity contribution in [1.82, 2.24) is 10.7 Å². The molecule has 0 bridgehead atoms. The van der Waals surface area contributed by atoms with Crippen molar-refractivity contribution in [3.63, 3.8) is 0 Å². The minimum atomic E-state index is -1.01. The molecule has 1 heterocycles. The van der Waals surface area contributed by atoms with E-state index in [9.17, 15) is 14.4 Å². The van der Waals surface area contributed by atoms with Crippen LogP contribution in [0, 0.1) is 0 Å². The number of aromatic carboxylic acids is 1. The Morgan fingerprint density at radius 1 is 1.28 bits per heavy atom. The Hall–Kier alpha value is -2.41. The first-order valence-electron chi connectivity index (χ1n) is 5.22. The summed E-state index contributed by atoms with van der Waals surface area (Å²) in [6, 6.07) is 5.17. The molecule has 0 aromatic heterocycles. The molecule has 1 aliphatic heterocycles. The van der Waals surface area contributed by atoms with Gasteiger partial charge in [0.1, 0.15) is 13.6 Å². The summed E-state index contributed by atoms with van der Waals surface area (Å²) in [4.78, 5) is 33.3. The summed E-state index contributed by atoms with van der Waals surface area (Å²) in [5.41, 5.74) is 3.41. The molecular weight excluding hydrogens is 238 g/mol. The molecule has 1 atom stereocenters. The minimum absolute atomic E-state index is 0.177. The van der Waals surface area contributed by atoms with Crippen molar-refractivity contribution in [3.8, 4) is 0 Å². The first-order chi connectivity index (χ1) is 8.40. The van der Waals surface area contributed by atoms with Gasteiger partial charge >= 0.3 is 18.0 Å². The second-order valence-electron chi connectivity index (χ2n) is 4.22. The largest absolute Gasteiger partial charge is 0.478 e. The Balaban J connectivity index is 2.17. The van der Waals surface area contributed by atoms with E-state index in [-0.39, 0.29) is 16.7 Å². The van der Waals surface area contributed by atoms with Crippen LogP contribution in [0.25, 0.3) is 0 Å². The van der Waals surface area contributed by atoms with E-state index < -0.39 is 18.0 Å². The minimum Gasteiger partial charge on any atom is -0.478 e. The number of imide groups is 1. The highest BCUT2D eigenvalue weighted by atomic mass is 16.4. The van der Waals surface area contributed by atoms with Gasteiger partial charge in [-0.05, 0) is 12.1 Å². The molecule has 0 radical (unpaired) electrons. The van der Waals surface area contributed by atoms with E-state index in [0.717, 1.165) is 5.56 Å². The number of quaternary nitrogens is 1. The first-order valence-corrected chi connectivity index (χ1v) is 5.22. The summed E-state index contributed by atoms with van der Waals surface area (Å²) in [5.74, 6) is -1.01. The average molecular weight is 250 g/mol. The number of nitrogens with zero attached hydrogens (tertiary/aromatic N) is 1.